The van der Waals surface area contributed by atoms with E-state index in [9.17, 15) is 9.59 Å². The molecule has 18 heavy (non-hydrogen) atoms. The van der Waals surface area contributed by atoms with E-state index in [1.165, 1.54) is 0 Å². The van der Waals surface area contributed by atoms with E-state index in [1.54, 1.807) is 13.8 Å². The van der Waals surface area contributed by atoms with Gasteiger partial charge in [-0.3, -0.25) is 4.79 Å². The summed E-state index contributed by atoms with van der Waals surface area (Å²) in [7, 11) is 0. The first-order chi connectivity index (χ1) is 8.43. The van der Waals surface area contributed by atoms with Gasteiger partial charge in [-0.15, -0.1) is 0 Å². The van der Waals surface area contributed by atoms with Crippen molar-refractivity contribution in [1.29, 1.82) is 0 Å². The van der Waals surface area contributed by atoms with E-state index in [2.05, 4.69) is 9.47 Å². The Bertz CT molecular complexity index is 360. The van der Waals surface area contributed by atoms with Crippen LogP contribution in [0.15, 0.2) is 11.3 Å². The van der Waals surface area contributed by atoms with Gasteiger partial charge in [-0.05, 0) is 13.8 Å². The molecule has 6 nitrogen and oxygen atoms in total. The van der Waals surface area contributed by atoms with Gasteiger partial charge in [-0.2, -0.15) is 0 Å². The third-order valence-corrected chi connectivity index (χ3v) is 2.92. The zero-order valence-corrected chi connectivity index (χ0v) is 10.5. The van der Waals surface area contributed by atoms with Crippen LogP contribution in [-0.2, 0) is 19.1 Å². The summed E-state index contributed by atoms with van der Waals surface area (Å²) in [6.45, 7) is 3.90. The number of ether oxygens (including phenoxy) is 2. The second kappa shape index (κ2) is 6.39. The molecule has 2 aliphatic heterocycles. The van der Waals surface area contributed by atoms with E-state index in [0.717, 1.165) is 0 Å². The van der Waals surface area contributed by atoms with E-state index in [1.807, 2.05) is 0 Å². The molecule has 0 unspecified atom stereocenters. The second-order valence-electron chi connectivity index (χ2n) is 4.27. The molecule has 2 atom stereocenters. The molecule has 0 radical (unpaired) electrons. The second-order valence-corrected chi connectivity index (χ2v) is 4.27. The first-order valence-corrected chi connectivity index (χ1v) is 5.84. The molecule has 2 N–H and O–H groups in total. The Morgan fingerprint density at radius 1 is 1.22 bits per heavy atom. The van der Waals surface area contributed by atoms with Crippen molar-refractivity contribution in [3.63, 3.8) is 0 Å². The fraction of sp³-hybridized carbons (Fsp3) is 0.667. The molecule has 1 fully saturated rings. The number of rotatable bonds is 0. The van der Waals surface area contributed by atoms with Gasteiger partial charge >= 0.3 is 11.9 Å². The molecular weight excluding hydrogens is 240 g/mol. The Labute approximate surface area is 105 Å². The van der Waals surface area contributed by atoms with Crippen molar-refractivity contribution in [2.75, 3.05) is 13.2 Å². The molecule has 0 bridgehead atoms. The Balaban J connectivity index is 0.000000180. The SMILES string of the molecule is CC1=C(O)CCOC1=O.C[C@@H]1C(=O)OCC[C@@H]1O. The maximum absolute atomic E-state index is 10.6. The highest BCUT2D eigenvalue weighted by Gasteiger charge is 2.27. The van der Waals surface area contributed by atoms with Gasteiger partial charge in [0.1, 0.15) is 5.76 Å². The van der Waals surface area contributed by atoms with Crippen LogP contribution in [0.4, 0.5) is 0 Å². The number of carbonyl (C=O) groups excluding carboxylic acids is 2. The van der Waals surface area contributed by atoms with Crippen LogP contribution in [0.2, 0.25) is 0 Å². The molecule has 1 saturated heterocycles. The summed E-state index contributed by atoms with van der Waals surface area (Å²) < 4.78 is 9.27. The Morgan fingerprint density at radius 2 is 1.89 bits per heavy atom. The third kappa shape index (κ3) is 3.73. The standard InChI is InChI=1S/C6H10O3.C6H8O3/c2*1-4-5(7)2-3-9-6(4)8/h4-5,7H,2-3H2,1H3;7H,2-3H2,1H3/t4-,5-;/m0./s1. The normalized spacial score (nSPS) is 27.9. The van der Waals surface area contributed by atoms with Gasteiger partial charge in [-0.1, -0.05) is 0 Å². The van der Waals surface area contributed by atoms with Crippen molar-refractivity contribution in [3.8, 4) is 0 Å². The highest BCUT2D eigenvalue weighted by Crippen LogP contribution is 2.14. The lowest BCUT2D eigenvalue weighted by Crippen LogP contribution is -2.34. The van der Waals surface area contributed by atoms with Crippen molar-refractivity contribution in [2.24, 2.45) is 5.92 Å². The van der Waals surface area contributed by atoms with Gasteiger partial charge in [-0.25, -0.2) is 4.79 Å². The van der Waals surface area contributed by atoms with Crippen molar-refractivity contribution >= 4 is 11.9 Å². The first-order valence-electron chi connectivity index (χ1n) is 5.84. The summed E-state index contributed by atoms with van der Waals surface area (Å²) in [5.41, 5.74) is 0.334. The number of esters is 2. The minimum Gasteiger partial charge on any atom is -0.512 e. The number of carbonyl (C=O) groups is 2. The molecular formula is C12H18O6. The van der Waals surface area contributed by atoms with Gasteiger partial charge < -0.3 is 19.7 Å². The fourth-order valence-corrected chi connectivity index (χ4v) is 1.47. The largest absolute Gasteiger partial charge is 0.512 e. The zero-order valence-electron chi connectivity index (χ0n) is 10.5. The number of hydrogen-bond acceptors (Lipinski definition) is 6. The van der Waals surface area contributed by atoms with Crippen LogP contribution in [-0.4, -0.2) is 41.5 Å². The summed E-state index contributed by atoms with van der Waals surface area (Å²) in [6, 6.07) is 0. The summed E-state index contributed by atoms with van der Waals surface area (Å²) in [5.74, 6) is -0.863. The van der Waals surface area contributed by atoms with E-state index in [0.29, 0.717) is 31.6 Å². The molecule has 0 amide bonds. The summed E-state index contributed by atoms with van der Waals surface area (Å²) in [6.07, 6.45) is 0.538. The van der Waals surface area contributed by atoms with E-state index in [4.69, 9.17) is 10.2 Å². The molecule has 0 aliphatic carbocycles. The molecule has 6 heteroatoms. The van der Waals surface area contributed by atoms with Crippen LogP contribution in [0.5, 0.6) is 0 Å². The third-order valence-electron chi connectivity index (χ3n) is 2.92. The highest BCUT2D eigenvalue weighted by atomic mass is 16.5. The zero-order chi connectivity index (χ0) is 13.7. The predicted octanol–water partition coefficient (Wildman–Crippen LogP) is 0.696. The maximum atomic E-state index is 10.6. The maximum Gasteiger partial charge on any atom is 0.337 e. The fourth-order valence-electron chi connectivity index (χ4n) is 1.47. The van der Waals surface area contributed by atoms with E-state index in [-0.39, 0.29) is 17.6 Å². The molecule has 0 saturated carbocycles. The summed E-state index contributed by atoms with van der Waals surface area (Å²) >= 11 is 0. The lowest BCUT2D eigenvalue weighted by atomic mass is 10.0. The van der Waals surface area contributed by atoms with Gasteiger partial charge in [0.15, 0.2) is 0 Å². The van der Waals surface area contributed by atoms with Gasteiger partial charge in [0.2, 0.25) is 0 Å². The van der Waals surface area contributed by atoms with Crippen molar-refractivity contribution in [3.05, 3.63) is 11.3 Å². The lowest BCUT2D eigenvalue weighted by molar-refractivity contribution is -0.159. The number of hydrogen-bond donors (Lipinski definition) is 2. The average Bonchev–Trinajstić information content (AvgIpc) is 2.34. The topological polar surface area (TPSA) is 93.1 Å². The number of aliphatic hydroxyl groups excluding tert-OH is 2. The minimum absolute atomic E-state index is 0.159. The molecule has 2 heterocycles. The molecule has 0 aromatic rings. The van der Waals surface area contributed by atoms with Crippen LogP contribution in [0, 0.1) is 5.92 Å². The van der Waals surface area contributed by atoms with Gasteiger partial charge in [0, 0.05) is 12.8 Å². The molecule has 0 aromatic heterocycles. The Morgan fingerprint density at radius 3 is 2.33 bits per heavy atom. The van der Waals surface area contributed by atoms with E-state index >= 15 is 0 Å². The predicted molar refractivity (Wildman–Crippen MR) is 61.7 cm³/mol. The van der Waals surface area contributed by atoms with Crippen molar-refractivity contribution in [2.45, 2.75) is 32.8 Å². The van der Waals surface area contributed by atoms with Gasteiger partial charge in [0.25, 0.3) is 0 Å². The smallest absolute Gasteiger partial charge is 0.337 e. The highest BCUT2D eigenvalue weighted by molar-refractivity contribution is 5.88. The van der Waals surface area contributed by atoms with Crippen LogP contribution in [0.1, 0.15) is 26.7 Å². The monoisotopic (exact) mass is 258 g/mol. The van der Waals surface area contributed by atoms with Crippen molar-refractivity contribution in [1.82, 2.24) is 0 Å². The van der Waals surface area contributed by atoms with Crippen molar-refractivity contribution < 1.29 is 29.3 Å². The van der Waals surface area contributed by atoms with Crippen LogP contribution in [0.3, 0.4) is 0 Å². The molecule has 0 aromatic carbocycles. The number of aliphatic hydroxyl groups is 2. The van der Waals surface area contributed by atoms with Crippen LogP contribution in [0.25, 0.3) is 0 Å². The summed E-state index contributed by atoms with van der Waals surface area (Å²) in [5, 5.41) is 18.0. The molecule has 102 valence electrons. The van der Waals surface area contributed by atoms with Crippen LogP contribution >= 0.6 is 0 Å². The first kappa shape index (κ1) is 14.5. The quantitative estimate of drug-likeness (QED) is 0.621. The van der Waals surface area contributed by atoms with E-state index < -0.39 is 12.1 Å². The minimum atomic E-state index is -0.494. The average molecular weight is 258 g/mol. The lowest BCUT2D eigenvalue weighted by Gasteiger charge is -2.22. The molecule has 2 aliphatic rings. The van der Waals surface area contributed by atoms with Gasteiger partial charge in [0.05, 0.1) is 30.8 Å². The summed E-state index contributed by atoms with van der Waals surface area (Å²) in [4.78, 5) is 21.2. The Kier molecular flexibility index (Phi) is 5.15. The number of cyclic esters (lactones) is 2. The molecule has 2 rings (SSSR count). The van der Waals surface area contributed by atoms with Crippen LogP contribution < -0.4 is 0 Å². The Hall–Kier alpha value is -1.56. The molecule has 0 spiro atoms.